The van der Waals surface area contributed by atoms with Crippen molar-refractivity contribution < 1.29 is 17.9 Å². The van der Waals surface area contributed by atoms with Crippen LogP contribution < -0.4 is 0 Å². The van der Waals surface area contributed by atoms with Gasteiger partial charge in [-0.25, -0.2) is 8.42 Å². The highest BCUT2D eigenvalue weighted by Gasteiger charge is 2.35. The number of ether oxygens (including phenoxy) is 1. The first kappa shape index (κ1) is 19.1. The van der Waals surface area contributed by atoms with Gasteiger partial charge in [0.15, 0.2) is 0 Å². The standard InChI is InChI=1S/C17H23N3O4S2/c1-12(2)20-11-15(16(18-20)14-5-4-10-25-14)26(22,23)19-8-6-13(7-9-19)17(21)24-3/h4-5,10-13H,6-9H2,1-3H3. The number of piperidine rings is 1. The molecule has 2 aromatic heterocycles. The molecule has 1 aliphatic heterocycles. The Balaban J connectivity index is 1.91. The van der Waals surface area contributed by atoms with Crippen molar-refractivity contribution in [2.24, 2.45) is 5.92 Å². The minimum absolute atomic E-state index is 0.0581. The predicted octanol–water partition coefficient (Wildman–Crippen LogP) is 2.77. The molecule has 0 aliphatic carbocycles. The Bertz CT molecular complexity index is 864. The van der Waals surface area contributed by atoms with E-state index in [4.69, 9.17) is 4.74 Å². The lowest BCUT2D eigenvalue weighted by Gasteiger charge is -2.29. The van der Waals surface area contributed by atoms with Gasteiger partial charge in [0.25, 0.3) is 0 Å². The molecule has 0 N–H and O–H groups in total. The normalized spacial score (nSPS) is 16.9. The van der Waals surface area contributed by atoms with E-state index in [1.165, 1.54) is 22.8 Å². The quantitative estimate of drug-likeness (QED) is 0.725. The SMILES string of the molecule is COC(=O)C1CCN(S(=O)(=O)c2cn(C(C)C)nc2-c2cccs2)CC1. The molecular weight excluding hydrogens is 374 g/mol. The van der Waals surface area contributed by atoms with Crippen LogP contribution in [0.15, 0.2) is 28.6 Å². The highest BCUT2D eigenvalue weighted by Crippen LogP contribution is 2.33. The van der Waals surface area contributed by atoms with Crippen molar-refractivity contribution in [3.63, 3.8) is 0 Å². The molecule has 9 heteroatoms. The maximum Gasteiger partial charge on any atom is 0.308 e. The van der Waals surface area contributed by atoms with E-state index in [0.717, 1.165) is 4.88 Å². The second-order valence-electron chi connectivity index (χ2n) is 6.59. The minimum Gasteiger partial charge on any atom is -0.469 e. The van der Waals surface area contributed by atoms with Crippen LogP contribution in [0.1, 0.15) is 32.7 Å². The van der Waals surface area contributed by atoms with E-state index in [0.29, 0.717) is 31.6 Å². The maximum atomic E-state index is 13.2. The molecule has 142 valence electrons. The summed E-state index contributed by atoms with van der Waals surface area (Å²) in [5, 5.41) is 6.42. The number of carbonyl (C=O) groups is 1. The fraction of sp³-hybridized carbons (Fsp3) is 0.529. The number of esters is 1. The van der Waals surface area contributed by atoms with Gasteiger partial charge in [0.05, 0.1) is 17.9 Å². The molecule has 1 aliphatic rings. The van der Waals surface area contributed by atoms with Gasteiger partial charge in [0, 0.05) is 25.3 Å². The van der Waals surface area contributed by atoms with Crippen molar-refractivity contribution >= 4 is 27.3 Å². The van der Waals surface area contributed by atoms with Crippen LogP contribution in [0.5, 0.6) is 0 Å². The second-order valence-corrected chi connectivity index (χ2v) is 9.45. The molecule has 26 heavy (non-hydrogen) atoms. The summed E-state index contributed by atoms with van der Waals surface area (Å²) in [5.41, 5.74) is 0.490. The molecule has 0 bridgehead atoms. The van der Waals surface area contributed by atoms with Crippen LogP contribution >= 0.6 is 11.3 Å². The highest BCUT2D eigenvalue weighted by atomic mass is 32.2. The number of methoxy groups -OCH3 is 1. The number of hydrogen-bond donors (Lipinski definition) is 0. The largest absolute Gasteiger partial charge is 0.469 e. The number of carbonyl (C=O) groups excluding carboxylic acids is 1. The van der Waals surface area contributed by atoms with E-state index in [9.17, 15) is 13.2 Å². The van der Waals surface area contributed by atoms with Crippen molar-refractivity contribution in [2.45, 2.75) is 37.6 Å². The van der Waals surface area contributed by atoms with E-state index in [1.54, 1.807) is 10.9 Å². The van der Waals surface area contributed by atoms with E-state index < -0.39 is 10.0 Å². The molecule has 0 radical (unpaired) electrons. The average molecular weight is 398 g/mol. The number of aromatic nitrogens is 2. The Morgan fingerprint density at radius 2 is 2.04 bits per heavy atom. The van der Waals surface area contributed by atoms with Crippen LogP contribution in [0.2, 0.25) is 0 Å². The zero-order valence-corrected chi connectivity index (χ0v) is 16.7. The summed E-state index contributed by atoms with van der Waals surface area (Å²) >= 11 is 1.47. The summed E-state index contributed by atoms with van der Waals surface area (Å²) in [6.45, 7) is 4.53. The first-order chi connectivity index (χ1) is 12.3. The van der Waals surface area contributed by atoms with Gasteiger partial charge in [0.1, 0.15) is 10.6 Å². The second kappa shape index (κ2) is 7.50. The van der Waals surface area contributed by atoms with Crippen molar-refractivity contribution in [3.8, 4) is 10.6 Å². The number of thiophene rings is 1. The lowest BCUT2D eigenvalue weighted by Crippen LogP contribution is -2.40. The molecule has 0 saturated carbocycles. The Morgan fingerprint density at radius 1 is 1.35 bits per heavy atom. The molecule has 3 rings (SSSR count). The van der Waals surface area contributed by atoms with Gasteiger partial charge in [-0.15, -0.1) is 11.3 Å². The molecule has 1 saturated heterocycles. The number of rotatable bonds is 5. The summed E-state index contributed by atoms with van der Waals surface area (Å²) in [6, 6.07) is 3.81. The third-order valence-corrected chi connectivity index (χ3v) is 7.36. The first-order valence-corrected chi connectivity index (χ1v) is 10.9. The lowest BCUT2D eigenvalue weighted by atomic mass is 9.99. The predicted molar refractivity (Wildman–Crippen MR) is 99.4 cm³/mol. The van der Waals surface area contributed by atoms with Gasteiger partial charge < -0.3 is 4.74 Å². The van der Waals surface area contributed by atoms with E-state index >= 15 is 0 Å². The third-order valence-electron chi connectivity index (χ3n) is 4.59. The molecule has 0 aromatic carbocycles. The van der Waals surface area contributed by atoms with Crippen LogP contribution in [0, 0.1) is 5.92 Å². The van der Waals surface area contributed by atoms with E-state index in [1.807, 2.05) is 31.4 Å². The van der Waals surface area contributed by atoms with Crippen LogP contribution in [-0.2, 0) is 19.6 Å². The summed E-state index contributed by atoms with van der Waals surface area (Å²) < 4.78 is 34.4. The molecule has 0 unspecified atom stereocenters. The molecule has 1 fully saturated rings. The lowest BCUT2D eigenvalue weighted by molar-refractivity contribution is -0.146. The number of nitrogens with zero attached hydrogens (tertiary/aromatic N) is 3. The zero-order valence-electron chi connectivity index (χ0n) is 15.1. The third kappa shape index (κ3) is 3.56. The molecular formula is C17H23N3O4S2. The number of sulfonamides is 1. The minimum atomic E-state index is -3.68. The van der Waals surface area contributed by atoms with Crippen LogP contribution in [-0.4, -0.2) is 48.7 Å². The highest BCUT2D eigenvalue weighted by molar-refractivity contribution is 7.89. The zero-order chi connectivity index (χ0) is 18.9. The summed E-state index contributed by atoms with van der Waals surface area (Å²) in [4.78, 5) is 12.7. The number of hydrogen-bond acceptors (Lipinski definition) is 6. The van der Waals surface area contributed by atoms with Gasteiger partial charge in [-0.05, 0) is 38.1 Å². The Hall–Kier alpha value is -1.71. The van der Waals surface area contributed by atoms with E-state index in [-0.39, 0.29) is 22.8 Å². The average Bonchev–Trinajstić information content (AvgIpc) is 3.30. The van der Waals surface area contributed by atoms with Gasteiger partial charge in [0.2, 0.25) is 10.0 Å². The van der Waals surface area contributed by atoms with Gasteiger partial charge in [-0.1, -0.05) is 6.07 Å². The summed E-state index contributed by atoms with van der Waals surface area (Å²) in [6.07, 6.45) is 2.55. The van der Waals surface area contributed by atoms with Crippen molar-refractivity contribution in [2.75, 3.05) is 20.2 Å². The Labute approximate surface area is 157 Å². The molecule has 0 spiro atoms. The van der Waals surface area contributed by atoms with Gasteiger partial charge >= 0.3 is 5.97 Å². The molecule has 0 atom stereocenters. The Morgan fingerprint density at radius 3 is 2.58 bits per heavy atom. The maximum absolute atomic E-state index is 13.2. The molecule has 0 amide bonds. The van der Waals surface area contributed by atoms with Crippen molar-refractivity contribution in [3.05, 3.63) is 23.7 Å². The summed E-state index contributed by atoms with van der Waals surface area (Å²) in [7, 11) is -2.32. The molecule has 3 heterocycles. The van der Waals surface area contributed by atoms with Crippen LogP contribution in [0.4, 0.5) is 0 Å². The smallest absolute Gasteiger partial charge is 0.308 e. The monoisotopic (exact) mass is 397 g/mol. The fourth-order valence-electron chi connectivity index (χ4n) is 3.05. The van der Waals surface area contributed by atoms with Crippen molar-refractivity contribution in [1.82, 2.24) is 14.1 Å². The van der Waals surface area contributed by atoms with Gasteiger partial charge in [-0.2, -0.15) is 9.40 Å². The topological polar surface area (TPSA) is 81.5 Å². The summed E-state index contributed by atoms with van der Waals surface area (Å²) in [5.74, 6) is -0.504. The van der Waals surface area contributed by atoms with Crippen molar-refractivity contribution in [1.29, 1.82) is 0 Å². The molecule has 7 nitrogen and oxygen atoms in total. The molecule has 2 aromatic rings. The fourth-order valence-corrected chi connectivity index (χ4v) is 5.44. The Kier molecular flexibility index (Phi) is 5.50. The van der Waals surface area contributed by atoms with Crippen LogP contribution in [0.3, 0.4) is 0 Å². The van der Waals surface area contributed by atoms with E-state index in [2.05, 4.69) is 5.10 Å². The van der Waals surface area contributed by atoms with Crippen LogP contribution in [0.25, 0.3) is 10.6 Å². The van der Waals surface area contributed by atoms with Gasteiger partial charge in [-0.3, -0.25) is 9.48 Å². The first-order valence-electron chi connectivity index (χ1n) is 8.55.